The highest BCUT2D eigenvalue weighted by molar-refractivity contribution is 6.17. The Morgan fingerprint density at radius 1 is 1.26 bits per heavy atom. The fraction of sp³-hybridized carbons (Fsp3) is 0.450. The van der Waals surface area contributed by atoms with Gasteiger partial charge in [-0.25, -0.2) is 0 Å². The third kappa shape index (κ3) is 4.19. The zero-order chi connectivity index (χ0) is 19.4. The summed E-state index contributed by atoms with van der Waals surface area (Å²) in [6.45, 7) is -0.319. The molecule has 0 bridgehead atoms. The molecule has 7 heteroatoms. The van der Waals surface area contributed by atoms with Crippen molar-refractivity contribution in [1.82, 2.24) is 9.80 Å². The lowest BCUT2D eigenvalue weighted by molar-refractivity contribution is -0.137. The van der Waals surface area contributed by atoms with Crippen molar-refractivity contribution in [2.24, 2.45) is 0 Å². The number of benzene rings is 1. The summed E-state index contributed by atoms with van der Waals surface area (Å²) in [6.07, 6.45) is 6.81. The van der Waals surface area contributed by atoms with Gasteiger partial charge in [0.2, 0.25) is 0 Å². The number of carbonyl (C=O) groups excluding carboxylic acids is 3. The number of nitrogens with one attached hydrogen (secondary N) is 1. The molecule has 0 unspecified atom stereocenters. The van der Waals surface area contributed by atoms with Gasteiger partial charge >= 0.3 is 0 Å². The Bertz CT molecular complexity index is 768. The highest BCUT2D eigenvalue weighted by atomic mass is 16.3. The van der Waals surface area contributed by atoms with Crippen molar-refractivity contribution in [1.29, 1.82) is 0 Å². The third-order valence-corrected chi connectivity index (χ3v) is 5.16. The molecular weight excluding hydrogens is 346 g/mol. The number of β-amino-alcohol motifs (C(OH)–C–C–N with tert-alkyl or cyclic N) is 1. The van der Waals surface area contributed by atoms with E-state index in [1.165, 1.54) is 12.5 Å². The first-order valence-corrected chi connectivity index (χ1v) is 9.34. The van der Waals surface area contributed by atoms with Crippen molar-refractivity contribution >= 4 is 23.4 Å². The molecule has 3 rings (SSSR count). The van der Waals surface area contributed by atoms with Gasteiger partial charge in [-0.2, -0.15) is 0 Å². The number of carbonyl (C=O) groups is 3. The Morgan fingerprint density at radius 3 is 2.70 bits per heavy atom. The second-order valence-corrected chi connectivity index (χ2v) is 6.99. The van der Waals surface area contributed by atoms with Crippen LogP contribution in [0.25, 0.3) is 0 Å². The Morgan fingerprint density at radius 2 is 2.00 bits per heavy atom. The van der Waals surface area contributed by atoms with Crippen molar-refractivity contribution < 1.29 is 19.5 Å². The molecule has 1 aliphatic heterocycles. The molecule has 3 amide bonds. The van der Waals surface area contributed by atoms with Crippen molar-refractivity contribution in [2.75, 3.05) is 25.5 Å². The lowest BCUT2D eigenvalue weighted by Gasteiger charge is -2.31. The van der Waals surface area contributed by atoms with Gasteiger partial charge in [0.15, 0.2) is 0 Å². The van der Waals surface area contributed by atoms with Crippen LogP contribution in [0.1, 0.15) is 42.5 Å². The lowest BCUT2D eigenvalue weighted by atomic mass is 9.94. The molecule has 0 aromatic heterocycles. The number of rotatable bonds is 6. The van der Waals surface area contributed by atoms with E-state index in [2.05, 4.69) is 5.32 Å². The van der Waals surface area contributed by atoms with Crippen LogP contribution in [-0.4, -0.2) is 58.9 Å². The molecular formula is C20H25N3O4. The Kier molecular flexibility index (Phi) is 5.91. The van der Waals surface area contributed by atoms with Crippen LogP contribution in [0.5, 0.6) is 0 Å². The summed E-state index contributed by atoms with van der Waals surface area (Å²) in [5.41, 5.74) is 1.24. The Balaban J connectivity index is 1.70. The topological polar surface area (TPSA) is 90.0 Å². The number of nitrogens with zero attached hydrogens (tertiary/aromatic N) is 2. The highest BCUT2D eigenvalue weighted by Gasteiger charge is 2.30. The summed E-state index contributed by atoms with van der Waals surface area (Å²) in [7, 11) is 1.84. The standard InChI is InChI=1S/C20H25N3O4/c1-22(16-8-3-2-4-9-16)19(26)14-6-5-7-15(12-14)21-17-13-18(25)23(10-11-24)20(17)27/h5-7,12-13,16,21,24H,2-4,8-11H2,1H3. The van der Waals surface area contributed by atoms with Crippen LogP contribution in [0.3, 0.4) is 0 Å². The molecule has 0 radical (unpaired) electrons. The smallest absolute Gasteiger partial charge is 0.277 e. The van der Waals surface area contributed by atoms with E-state index in [0.29, 0.717) is 11.3 Å². The van der Waals surface area contributed by atoms with E-state index >= 15 is 0 Å². The fourth-order valence-electron chi connectivity index (χ4n) is 3.63. The second-order valence-electron chi connectivity index (χ2n) is 6.99. The van der Waals surface area contributed by atoms with Crippen LogP contribution in [-0.2, 0) is 9.59 Å². The number of hydrogen-bond donors (Lipinski definition) is 2. The molecule has 1 aromatic rings. The first kappa shape index (κ1) is 19.1. The van der Waals surface area contributed by atoms with Crippen molar-refractivity contribution in [3.63, 3.8) is 0 Å². The highest BCUT2D eigenvalue weighted by Crippen LogP contribution is 2.24. The zero-order valence-corrected chi connectivity index (χ0v) is 15.5. The maximum Gasteiger partial charge on any atom is 0.277 e. The largest absolute Gasteiger partial charge is 0.395 e. The lowest BCUT2D eigenvalue weighted by Crippen LogP contribution is -2.38. The summed E-state index contributed by atoms with van der Waals surface area (Å²) in [5.74, 6) is -0.985. The minimum Gasteiger partial charge on any atom is -0.395 e. The third-order valence-electron chi connectivity index (χ3n) is 5.16. The second kappa shape index (κ2) is 8.35. The number of imide groups is 1. The predicted molar refractivity (Wildman–Crippen MR) is 101 cm³/mol. The zero-order valence-electron chi connectivity index (χ0n) is 15.5. The van der Waals surface area contributed by atoms with Crippen LogP contribution in [0.4, 0.5) is 5.69 Å². The molecule has 144 valence electrons. The molecule has 0 saturated heterocycles. The van der Waals surface area contributed by atoms with Gasteiger partial charge in [-0.3, -0.25) is 19.3 Å². The predicted octanol–water partition coefficient (Wildman–Crippen LogP) is 1.75. The summed E-state index contributed by atoms with van der Waals surface area (Å²) in [6, 6.07) is 7.20. The molecule has 1 aromatic carbocycles. The Labute approximate surface area is 158 Å². The molecule has 27 heavy (non-hydrogen) atoms. The van der Waals surface area contributed by atoms with E-state index in [4.69, 9.17) is 5.11 Å². The van der Waals surface area contributed by atoms with Gasteiger partial charge < -0.3 is 15.3 Å². The van der Waals surface area contributed by atoms with Crippen LogP contribution >= 0.6 is 0 Å². The maximum absolute atomic E-state index is 12.8. The first-order valence-electron chi connectivity index (χ1n) is 9.34. The van der Waals surface area contributed by atoms with Gasteiger partial charge in [-0.05, 0) is 31.0 Å². The molecule has 1 heterocycles. The molecule has 2 N–H and O–H groups in total. The minimum absolute atomic E-state index is 0.0376. The van der Waals surface area contributed by atoms with E-state index in [9.17, 15) is 14.4 Å². The van der Waals surface area contributed by atoms with E-state index in [1.807, 2.05) is 11.9 Å². The van der Waals surface area contributed by atoms with E-state index < -0.39 is 11.8 Å². The maximum atomic E-state index is 12.8. The minimum atomic E-state index is -0.481. The van der Waals surface area contributed by atoms with Crippen LogP contribution < -0.4 is 5.32 Å². The number of hydrogen-bond acceptors (Lipinski definition) is 5. The monoisotopic (exact) mass is 371 g/mol. The van der Waals surface area contributed by atoms with Gasteiger partial charge in [-0.15, -0.1) is 0 Å². The quantitative estimate of drug-likeness (QED) is 0.744. The van der Waals surface area contributed by atoms with Crippen LogP contribution in [0, 0.1) is 0 Å². The SMILES string of the molecule is CN(C(=O)c1cccc(NC2=CC(=O)N(CCO)C2=O)c1)C1CCCCC1. The number of aliphatic hydroxyl groups is 1. The molecule has 7 nitrogen and oxygen atoms in total. The average molecular weight is 371 g/mol. The van der Waals surface area contributed by atoms with Gasteiger partial charge in [-0.1, -0.05) is 25.3 Å². The number of anilines is 1. The van der Waals surface area contributed by atoms with Crippen LogP contribution in [0.15, 0.2) is 36.0 Å². The van der Waals surface area contributed by atoms with Gasteiger partial charge in [0, 0.05) is 30.4 Å². The molecule has 1 saturated carbocycles. The molecule has 1 fully saturated rings. The molecule has 0 atom stereocenters. The molecule has 0 spiro atoms. The fourth-order valence-corrected chi connectivity index (χ4v) is 3.63. The van der Waals surface area contributed by atoms with Crippen molar-refractivity contribution in [3.8, 4) is 0 Å². The van der Waals surface area contributed by atoms with E-state index in [0.717, 1.165) is 30.6 Å². The first-order chi connectivity index (χ1) is 13.0. The van der Waals surface area contributed by atoms with Gasteiger partial charge in [0.25, 0.3) is 17.7 Å². The van der Waals surface area contributed by atoms with E-state index in [1.54, 1.807) is 24.3 Å². The summed E-state index contributed by atoms with van der Waals surface area (Å²) in [5, 5.41) is 11.9. The Hall–Kier alpha value is -2.67. The number of amides is 3. The average Bonchev–Trinajstić information content (AvgIpc) is 2.95. The molecule has 2 aliphatic rings. The normalized spacial score (nSPS) is 17.9. The summed E-state index contributed by atoms with van der Waals surface area (Å²) in [4.78, 5) is 39.7. The van der Waals surface area contributed by atoms with Crippen LogP contribution in [0.2, 0.25) is 0 Å². The number of aliphatic hydroxyl groups excluding tert-OH is 1. The van der Waals surface area contributed by atoms with Gasteiger partial charge in [0.1, 0.15) is 5.70 Å². The summed E-state index contributed by atoms with van der Waals surface area (Å²) < 4.78 is 0. The van der Waals surface area contributed by atoms with Crippen molar-refractivity contribution in [3.05, 3.63) is 41.6 Å². The van der Waals surface area contributed by atoms with Crippen molar-refractivity contribution in [2.45, 2.75) is 38.1 Å². The van der Waals surface area contributed by atoms with Gasteiger partial charge in [0.05, 0.1) is 13.2 Å². The molecule has 1 aliphatic carbocycles. The summed E-state index contributed by atoms with van der Waals surface area (Å²) >= 11 is 0. The van der Waals surface area contributed by atoms with E-state index in [-0.39, 0.29) is 30.8 Å².